The molecule has 6 nitrogen and oxygen atoms in total. The van der Waals surface area contributed by atoms with Crippen molar-refractivity contribution in [3.8, 4) is 0 Å². The standard InChI is InChI=1S/C21H31N3O3/c1-5-6-7-16-8-10-17(11-9-16)20(25)22-18(12-14(2)3)21(26)23-19-13-15(4)27-24-19/h8-11,14-15,18H,5-7,12-13H2,1-4H3,(H,22,25)(H,23,24,26)/t15-,18-/m1/s1. The fourth-order valence-corrected chi connectivity index (χ4v) is 2.95. The summed E-state index contributed by atoms with van der Waals surface area (Å²) in [5, 5.41) is 9.50. The average molecular weight is 373 g/mol. The van der Waals surface area contributed by atoms with Gasteiger partial charge in [0.2, 0.25) is 5.91 Å². The van der Waals surface area contributed by atoms with E-state index in [4.69, 9.17) is 4.84 Å². The van der Waals surface area contributed by atoms with Crippen LogP contribution < -0.4 is 10.6 Å². The van der Waals surface area contributed by atoms with Crippen molar-refractivity contribution in [2.75, 3.05) is 0 Å². The molecule has 0 bridgehead atoms. The molecule has 1 aliphatic heterocycles. The number of amidine groups is 1. The van der Waals surface area contributed by atoms with Crippen molar-refractivity contribution < 1.29 is 14.4 Å². The Bertz CT molecular complexity index is 668. The highest BCUT2D eigenvalue weighted by atomic mass is 16.6. The van der Waals surface area contributed by atoms with Crippen LogP contribution >= 0.6 is 0 Å². The van der Waals surface area contributed by atoms with Crippen molar-refractivity contribution in [2.45, 2.75) is 71.9 Å². The smallest absolute Gasteiger partial charge is 0.251 e. The molecule has 0 aliphatic carbocycles. The Balaban J connectivity index is 1.99. The molecule has 1 aliphatic rings. The number of benzene rings is 1. The van der Waals surface area contributed by atoms with Crippen molar-refractivity contribution >= 4 is 17.6 Å². The van der Waals surface area contributed by atoms with Crippen LogP contribution in [-0.4, -0.2) is 29.8 Å². The number of nitrogens with zero attached hydrogens (tertiary/aromatic N) is 1. The van der Waals surface area contributed by atoms with Gasteiger partial charge in [-0.05, 0) is 49.8 Å². The van der Waals surface area contributed by atoms with Crippen molar-refractivity contribution in [2.24, 2.45) is 11.1 Å². The van der Waals surface area contributed by atoms with E-state index in [9.17, 15) is 9.59 Å². The van der Waals surface area contributed by atoms with E-state index in [-0.39, 0.29) is 23.8 Å². The van der Waals surface area contributed by atoms with Gasteiger partial charge in [-0.25, -0.2) is 0 Å². The predicted octanol–water partition coefficient (Wildman–Crippen LogP) is 3.41. The lowest BCUT2D eigenvalue weighted by Gasteiger charge is -2.20. The topological polar surface area (TPSA) is 79.8 Å². The number of hydrogen-bond acceptors (Lipinski definition) is 4. The number of rotatable bonds is 8. The molecule has 27 heavy (non-hydrogen) atoms. The number of aryl methyl sites for hydroxylation is 1. The van der Waals surface area contributed by atoms with Gasteiger partial charge in [0.1, 0.15) is 12.1 Å². The fraction of sp³-hybridized carbons (Fsp3) is 0.571. The van der Waals surface area contributed by atoms with Gasteiger partial charge in [-0.1, -0.05) is 44.5 Å². The number of carbonyl (C=O) groups excluding carboxylic acids is 2. The summed E-state index contributed by atoms with van der Waals surface area (Å²) in [5.41, 5.74) is 1.78. The summed E-state index contributed by atoms with van der Waals surface area (Å²) in [4.78, 5) is 30.3. The molecule has 0 aromatic heterocycles. The van der Waals surface area contributed by atoms with E-state index >= 15 is 0 Å². The number of carbonyl (C=O) groups is 2. The van der Waals surface area contributed by atoms with Crippen LogP contribution in [0.3, 0.4) is 0 Å². The molecule has 0 unspecified atom stereocenters. The van der Waals surface area contributed by atoms with Crippen molar-refractivity contribution in [1.29, 1.82) is 0 Å². The maximum absolute atomic E-state index is 12.6. The van der Waals surface area contributed by atoms with Gasteiger partial charge >= 0.3 is 0 Å². The summed E-state index contributed by atoms with van der Waals surface area (Å²) in [6, 6.07) is 6.99. The zero-order valence-corrected chi connectivity index (χ0v) is 16.7. The number of unbranched alkanes of at least 4 members (excludes halogenated alkanes) is 1. The zero-order valence-electron chi connectivity index (χ0n) is 16.7. The van der Waals surface area contributed by atoms with E-state index < -0.39 is 6.04 Å². The van der Waals surface area contributed by atoms with Gasteiger partial charge in [0.25, 0.3) is 5.91 Å². The van der Waals surface area contributed by atoms with Gasteiger partial charge in [0.05, 0.1) is 0 Å². The molecular formula is C21H31N3O3. The van der Waals surface area contributed by atoms with Crippen molar-refractivity contribution in [3.63, 3.8) is 0 Å². The van der Waals surface area contributed by atoms with Crippen LogP contribution in [0.25, 0.3) is 0 Å². The van der Waals surface area contributed by atoms with Crippen LogP contribution in [0.4, 0.5) is 0 Å². The van der Waals surface area contributed by atoms with Gasteiger partial charge in [-0.15, -0.1) is 0 Å². The summed E-state index contributed by atoms with van der Waals surface area (Å²) in [5.74, 6) is 0.276. The SMILES string of the molecule is CCCCc1ccc(C(=O)N[C@H](CC(C)C)C(=O)NC2=NO[C@H](C)C2)cc1. The molecule has 2 amide bonds. The maximum Gasteiger partial charge on any atom is 0.251 e. The molecule has 0 fully saturated rings. The molecule has 0 saturated carbocycles. The van der Waals surface area contributed by atoms with Gasteiger partial charge in [-0.2, -0.15) is 0 Å². The highest BCUT2D eigenvalue weighted by molar-refractivity contribution is 6.03. The minimum atomic E-state index is -0.615. The maximum atomic E-state index is 12.6. The Morgan fingerprint density at radius 3 is 2.52 bits per heavy atom. The first kappa shape index (κ1) is 20.9. The van der Waals surface area contributed by atoms with Crippen LogP contribution in [0.1, 0.15) is 69.3 Å². The Labute approximate surface area is 161 Å². The summed E-state index contributed by atoms with van der Waals surface area (Å²) in [7, 11) is 0. The van der Waals surface area contributed by atoms with Gasteiger partial charge in [0, 0.05) is 12.0 Å². The third kappa shape index (κ3) is 6.70. The molecule has 0 spiro atoms. The van der Waals surface area contributed by atoms with E-state index in [2.05, 4.69) is 22.7 Å². The van der Waals surface area contributed by atoms with E-state index in [1.165, 1.54) is 5.56 Å². The quantitative estimate of drug-likeness (QED) is 0.733. The van der Waals surface area contributed by atoms with Gasteiger partial charge < -0.3 is 15.5 Å². The monoisotopic (exact) mass is 373 g/mol. The summed E-state index contributed by atoms with van der Waals surface area (Å²) < 4.78 is 0. The predicted molar refractivity (Wildman–Crippen MR) is 107 cm³/mol. The molecule has 2 rings (SSSR count). The number of amides is 2. The molecule has 2 N–H and O–H groups in total. The second-order valence-electron chi connectivity index (χ2n) is 7.60. The minimum absolute atomic E-state index is 0.0373. The number of hydrogen-bond donors (Lipinski definition) is 2. The highest BCUT2D eigenvalue weighted by Gasteiger charge is 2.26. The average Bonchev–Trinajstić information content (AvgIpc) is 3.04. The Morgan fingerprint density at radius 1 is 1.26 bits per heavy atom. The lowest BCUT2D eigenvalue weighted by atomic mass is 10.0. The third-order valence-electron chi connectivity index (χ3n) is 4.46. The second kappa shape index (κ2) is 10.1. The highest BCUT2D eigenvalue weighted by Crippen LogP contribution is 2.12. The van der Waals surface area contributed by atoms with E-state index in [1.807, 2.05) is 45.0 Å². The van der Waals surface area contributed by atoms with E-state index in [0.29, 0.717) is 24.2 Å². The first-order valence-corrected chi connectivity index (χ1v) is 9.82. The Kier molecular flexibility index (Phi) is 7.82. The fourth-order valence-electron chi connectivity index (χ4n) is 2.95. The molecule has 6 heteroatoms. The molecule has 0 radical (unpaired) electrons. The van der Waals surface area contributed by atoms with Crippen LogP contribution in [0.5, 0.6) is 0 Å². The van der Waals surface area contributed by atoms with Crippen LogP contribution in [0.15, 0.2) is 29.4 Å². The minimum Gasteiger partial charge on any atom is -0.391 e. The molecule has 1 aromatic rings. The lowest BCUT2D eigenvalue weighted by molar-refractivity contribution is -0.121. The third-order valence-corrected chi connectivity index (χ3v) is 4.46. The van der Waals surface area contributed by atoms with Crippen LogP contribution in [0, 0.1) is 5.92 Å². The Morgan fingerprint density at radius 2 is 1.96 bits per heavy atom. The second-order valence-corrected chi connectivity index (χ2v) is 7.60. The first-order chi connectivity index (χ1) is 12.9. The molecule has 2 atom stereocenters. The summed E-state index contributed by atoms with van der Waals surface area (Å²) in [6.45, 7) is 8.09. The van der Waals surface area contributed by atoms with E-state index in [1.54, 1.807) is 0 Å². The zero-order chi connectivity index (χ0) is 19.8. The Hall–Kier alpha value is -2.37. The number of nitrogens with one attached hydrogen (secondary N) is 2. The lowest BCUT2D eigenvalue weighted by Crippen LogP contribution is -2.49. The molecule has 0 saturated heterocycles. The van der Waals surface area contributed by atoms with Crippen molar-refractivity contribution in [1.82, 2.24) is 10.6 Å². The van der Waals surface area contributed by atoms with Crippen LogP contribution in [0.2, 0.25) is 0 Å². The molecule has 148 valence electrons. The first-order valence-electron chi connectivity index (χ1n) is 9.82. The van der Waals surface area contributed by atoms with Gasteiger partial charge in [0.15, 0.2) is 5.84 Å². The normalized spacial score (nSPS) is 17.2. The molecule has 1 aromatic carbocycles. The van der Waals surface area contributed by atoms with Crippen LogP contribution in [-0.2, 0) is 16.1 Å². The summed E-state index contributed by atoms with van der Waals surface area (Å²) >= 11 is 0. The van der Waals surface area contributed by atoms with E-state index in [0.717, 1.165) is 19.3 Å². The molecular weight excluding hydrogens is 342 g/mol. The summed E-state index contributed by atoms with van der Waals surface area (Å²) in [6.07, 6.45) is 4.37. The molecule has 1 heterocycles. The van der Waals surface area contributed by atoms with Crippen molar-refractivity contribution in [3.05, 3.63) is 35.4 Å². The largest absolute Gasteiger partial charge is 0.391 e. The van der Waals surface area contributed by atoms with Gasteiger partial charge in [-0.3, -0.25) is 9.59 Å². The number of oxime groups is 1.